The van der Waals surface area contributed by atoms with Crippen LogP contribution >= 0.6 is 0 Å². The van der Waals surface area contributed by atoms with Crippen molar-refractivity contribution in [1.82, 2.24) is 24.3 Å². The zero-order valence-electron chi connectivity index (χ0n) is 21.8. The van der Waals surface area contributed by atoms with Crippen molar-refractivity contribution < 1.29 is 9.90 Å². The quantitative estimate of drug-likeness (QED) is 0.554. The number of pyridine rings is 1. The van der Waals surface area contributed by atoms with Crippen molar-refractivity contribution in [3.05, 3.63) is 36.3 Å². The summed E-state index contributed by atoms with van der Waals surface area (Å²) in [7, 11) is 0. The first-order valence-electron chi connectivity index (χ1n) is 12.1. The second-order valence-corrected chi connectivity index (χ2v) is 11.5. The first-order chi connectivity index (χ1) is 16.9. The number of nitriles is 1. The Morgan fingerprint density at radius 1 is 1.17 bits per heavy atom. The van der Waals surface area contributed by atoms with E-state index in [1.54, 1.807) is 35.6 Å². The molecule has 1 atom stereocenters. The monoisotopic (exact) mass is 490 g/mol. The molecule has 0 saturated carbocycles. The molecular weight excluding hydrogens is 456 g/mol. The van der Waals surface area contributed by atoms with Crippen LogP contribution in [0.25, 0.3) is 17.2 Å². The number of fused-ring (bicyclic) bond motifs is 1. The van der Waals surface area contributed by atoms with Gasteiger partial charge in [-0.15, -0.1) is 0 Å². The van der Waals surface area contributed by atoms with Crippen molar-refractivity contribution in [1.29, 1.82) is 5.26 Å². The second-order valence-electron chi connectivity index (χ2n) is 11.5. The molecule has 10 heteroatoms. The molecule has 1 aliphatic rings. The number of imidazole rings is 1. The van der Waals surface area contributed by atoms with Gasteiger partial charge in [-0.1, -0.05) is 41.5 Å². The van der Waals surface area contributed by atoms with E-state index < -0.39 is 6.09 Å². The van der Waals surface area contributed by atoms with Crippen LogP contribution in [0.4, 0.5) is 16.3 Å². The number of amides is 1. The van der Waals surface area contributed by atoms with Crippen LogP contribution in [0.15, 0.2) is 30.7 Å². The molecule has 0 bridgehead atoms. The van der Waals surface area contributed by atoms with E-state index in [1.165, 1.54) is 0 Å². The molecule has 10 nitrogen and oxygen atoms in total. The summed E-state index contributed by atoms with van der Waals surface area (Å²) >= 11 is 0. The van der Waals surface area contributed by atoms with Crippen molar-refractivity contribution in [3.8, 4) is 17.6 Å². The lowest BCUT2D eigenvalue weighted by Gasteiger charge is -2.46. The average molecular weight is 491 g/mol. The van der Waals surface area contributed by atoms with E-state index in [2.05, 4.69) is 67.8 Å². The van der Waals surface area contributed by atoms with Gasteiger partial charge < -0.3 is 20.2 Å². The van der Waals surface area contributed by atoms with Crippen molar-refractivity contribution in [2.45, 2.75) is 47.6 Å². The molecule has 4 heterocycles. The van der Waals surface area contributed by atoms with Crippen molar-refractivity contribution in [2.75, 3.05) is 36.4 Å². The number of piperazine rings is 1. The summed E-state index contributed by atoms with van der Waals surface area (Å²) in [4.78, 5) is 29.6. The Kier molecular flexibility index (Phi) is 6.52. The smallest absolute Gasteiger partial charge is 0.407 e. The van der Waals surface area contributed by atoms with Gasteiger partial charge in [0, 0.05) is 32.4 Å². The first kappa shape index (κ1) is 25.2. The third-order valence-corrected chi connectivity index (χ3v) is 6.39. The number of nitrogens with one attached hydrogen (secondary N) is 1. The Hall–Kier alpha value is -3.87. The van der Waals surface area contributed by atoms with Crippen LogP contribution in [-0.2, 0) is 0 Å². The van der Waals surface area contributed by atoms with Gasteiger partial charge in [0.15, 0.2) is 11.6 Å². The molecule has 3 aromatic heterocycles. The minimum Gasteiger partial charge on any atom is -0.465 e. The van der Waals surface area contributed by atoms with Crippen molar-refractivity contribution in [2.24, 2.45) is 10.8 Å². The van der Waals surface area contributed by atoms with Gasteiger partial charge in [0.05, 0.1) is 29.7 Å². The molecule has 190 valence electrons. The maximum atomic E-state index is 11.9. The highest BCUT2D eigenvalue weighted by atomic mass is 16.4. The van der Waals surface area contributed by atoms with Crippen LogP contribution < -0.4 is 10.2 Å². The number of carbonyl (C=O) groups is 1. The highest BCUT2D eigenvalue weighted by Crippen LogP contribution is 2.34. The average Bonchev–Trinajstić information content (AvgIpc) is 3.24. The van der Waals surface area contributed by atoms with Crippen molar-refractivity contribution in [3.63, 3.8) is 0 Å². The van der Waals surface area contributed by atoms with E-state index in [0.717, 1.165) is 5.69 Å². The van der Waals surface area contributed by atoms with Gasteiger partial charge in [0.25, 0.3) is 0 Å². The van der Waals surface area contributed by atoms with Gasteiger partial charge in [0.2, 0.25) is 0 Å². The number of aromatic nitrogens is 4. The zero-order valence-corrected chi connectivity index (χ0v) is 21.8. The maximum Gasteiger partial charge on any atom is 0.407 e. The molecule has 0 radical (unpaired) electrons. The van der Waals surface area contributed by atoms with Gasteiger partial charge in [-0.3, -0.25) is 4.40 Å². The highest BCUT2D eigenvalue weighted by Gasteiger charge is 2.38. The summed E-state index contributed by atoms with van der Waals surface area (Å²) in [6, 6.07) is 5.51. The third kappa shape index (κ3) is 5.20. The molecule has 36 heavy (non-hydrogen) atoms. The molecule has 1 aliphatic heterocycles. The molecule has 1 unspecified atom stereocenters. The number of anilines is 2. The summed E-state index contributed by atoms with van der Waals surface area (Å²) in [5, 5.41) is 22.6. The van der Waals surface area contributed by atoms with Crippen LogP contribution in [0.3, 0.4) is 0 Å². The normalized spacial score (nSPS) is 16.8. The summed E-state index contributed by atoms with van der Waals surface area (Å²) in [5.74, 6) is 1.19. The number of carboxylic acid groups (broad SMARTS) is 1. The van der Waals surface area contributed by atoms with Crippen molar-refractivity contribution >= 4 is 23.2 Å². The Bertz CT molecular complexity index is 1310. The summed E-state index contributed by atoms with van der Waals surface area (Å²) in [6.07, 6.45) is 4.35. The summed E-state index contributed by atoms with van der Waals surface area (Å²) in [5.41, 5.74) is 2.55. The minimum atomic E-state index is -0.892. The van der Waals surface area contributed by atoms with Crippen LogP contribution in [0.5, 0.6) is 0 Å². The van der Waals surface area contributed by atoms with Gasteiger partial charge in [-0.25, -0.2) is 19.7 Å². The fourth-order valence-corrected chi connectivity index (χ4v) is 4.39. The number of hydrogen-bond acceptors (Lipinski definition) is 7. The Balaban J connectivity index is 1.75. The molecular formula is C26H34N8O2. The van der Waals surface area contributed by atoms with Crippen LogP contribution in [0, 0.1) is 22.2 Å². The van der Waals surface area contributed by atoms with Crippen LogP contribution in [0.2, 0.25) is 0 Å². The molecule has 4 rings (SSSR count). The van der Waals surface area contributed by atoms with Crippen LogP contribution in [0.1, 0.15) is 47.1 Å². The number of hydrogen-bond donors (Lipinski definition) is 2. The van der Waals surface area contributed by atoms with Gasteiger partial charge >= 0.3 is 6.09 Å². The fourth-order valence-electron chi connectivity index (χ4n) is 4.39. The standard InChI is InChI=1S/C26H34N8O2/c1-25(2,3)16-30-22-18(32-9-10-33(24(35)36)20(15-32)26(4,5)6)12-29-23(31-22)19-13-28-21-8-7-17(11-27)14-34(19)21/h7-8,12-14,20H,9-10,15-16H2,1-6H3,(H,35,36)(H,29,30,31). The Labute approximate surface area is 211 Å². The Morgan fingerprint density at radius 3 is 2.56 bits per heavy atom. The fraction of sp³-hybridized carbons (Fsp3) is 0.500. The number of nitrogens with zero attached hydrogens (tertiary/aromatic N) is 7. The minimum absolute atomic E-state index is 0.0172. The van der Waals surface area contributed by atoms with Gasteiger partial charge in [-0.2, -0.15) is 5.26 Å². The molecule has 2 N–H and O–H groups in total. The molecule has 1 amide bonds. The van der Waals surface area contributed by atoms with Gasteiger partial charge in [0.1, 0.15) is 17.4 Å². The van der Waals surface area contributed by atoms with Crippen LogP contribution in [-0.4, -0.2) is 67.7 Å². The predicted octanol–water partition coefficient (Wildman–Crippen LogP) is 4.34. The molecule has 0 spiro atoms. The summed E-state index contributed by atoms with van der Waals surface area (Å²) in [6.45, 7) is 14.8. The summed E-state index contributed by atoms with van der Waals surface area (Å²) < 4.78 is 1.82. The number of rotatable bonds is 4. The largest absolute Gasteiger partial charge is 0.465 e. The first-order valence-corrected chi connectivity index (χ1v) is 12.1. The lowest BCUT2D eigenvalue weighted by Crippen LogP contribution is -2.59. The second kappa shape index (κ2) is 9.30. The van der Waals surface area contributed by atoms with E-state index in [9.17, 15) is 15.2 Å². The van der Waals surface area contributed by atoms with E-state index in [4.69, 9.17) is 4.98 Å². The van der Waals surface area contributed by atoms with E-state index in [-0.39, 0.29) is 16.9 Å². The topological polar surface area (TPSA) is 123 Å². The van der Waals surface area contributed by atoms with E-state index >= 15 is 0 Å². The molecule has 3 aromatic rings. The molecule has 0 aliphatic carbocycles. The third-order valence-electron chi connectivity index (χ3n) is 6.39. The maximum absolute atomic E-state index is 11.9. The zero-order chi connectivity index (χ0) is 26.3. The SMILES string of the molecule is CC(C)(C)CNc1nc(-c2cnc3ccc(C#N)cn23)ncc1N1CCN(C(=O)O)C(C(C)(C)C)C1. The Morgan fingerprint density at radius 2 is 1.92 bits per heavy atom. The highest BCUT2D eigenvalue weighted by molar-refractivity contribution is 5.71. The lowest BCUT2D eigenvalue weighted by atomic mass is 9.84. The lowest BCUT2D eigenvalue weighted by molar-refractivity contribution is 0.0748. The van der Waals surface area contributed by atoms with Gasteiger partial charge in [-0.05, 0) is 23.0 Å². The molecule has 1 saturated heterocycles. The molecule has 1 fully saturated rings. The van der Waals surface area contributed by atoms with E-state index in [1.807, 2.05) is 4.40 Å². The van der Waals surface area contributed by atoms with E-state index in [0.29, 0.717) is 54.7 Å². The molecule has 0 aromatic carbocycles. The predicted molar refractivity (Wildman–Crippen MR) is 139 cm³/mol.